The number of nitrogens with one attached hydrogen (secondary N) is 1. The van der Waals surface area contributed by atoms with Gasteiger partial charge in [-0.15, -0.1) is 0 Å². The van der Waals surface area contributed by atoms with Gasteiger partial charge in [0.15, 0.2) is 0 Å². The Morgan fingerprint density at radius 1 is 0.966 bits per heavy atom. The molecule has 0 saturated heterocycles. The molecular formula is C25H25NO3. The second-order valence-corrected chi connectivity index (χ2v) is 7.45. The molecule has 0 radical (unpaired) electrons. The van der Waals surface area contributed by atoms with Crippen LogP contribution in [0.25, 0.3) is 11.1 Å². The van der Waals surface area contributed by atoms with E-state index in [1.54, 1.807) is 12.1 Å². The quantitative estimate of drug-likeness (QED) is 0.607. The normalized spacial score (nSPS) is 13.4. The fraction of sp³-hybridized carbons (Fsp3) is 0.240. The molecule has 4 heteroatoms. The molecule has 3 aromatic rings. The van der Waals surface area contributed by atoms with E-state index in [9.17, 15) is 9.90 Å². The summed E-state index contributed by atoms with van der Waals surface area (Å²) in [5.41, 5.74) is 5.91. The summed E-state index contributed by atoms with van der Waals surface area (Å²) in [6.45, 7) is 2.35. The predicted molar refractivity (Wildman–Crippen MR) is 114 cm³/mol. The van der Waals surface area contributed by atoms with Crippen LogP contribution in [0.4, 0.5) is 4.79 Å². The van der Waals surface area contributed by atoms with Crippen LogP contribution in [-0.4, -0.2) is 23.8 Å². The van der Waals surface area contributed by atoms with Crippen LogP contribution in [0.1, 0.15) is 36.0 Å². The van der Waals surface area contributed by atoms with Crippen molar-refractivity contribution in [2.45, 2.75) is 31.7 Å². The van der Waals surface area contributed by atoms with Crippen molar-refractivity contribution in [3.63, 3.8) is 0 Å². The third-order valence-electron chi connectivity index (χ3n) is 5.58. The van der Waals surface area contributed by atoms with Crippen LogP contribution in [0, 0.1) is 0 Å². The summed E-state index contributed by atoms with van der Waals surface area (Å²) in [4.78, 5) is 12.5. The number of carbonyl (C=O) groups excluding carboxylic acids is 1. The first-order valence-corrected chi connectivity index (χ1v) is 10.0. The molecule has 0 unspecified atom stereocenters. The van der Waals surface area contributed by atoms with Gasteiger partial charge in [-0.2, -0.15) is 0 Å². The fourth-order valence-electron chi connectivity index (χ4n) is 4.02. The zero-order chi connectivity index (χ0) is 20.2. The maximum atomic E-state index is 12.5. The maximum absolute atomic E-state index is 12.5. The molecule has 0 bridgehead atoms. The Kier molecular flexibility index (Phi) is 5.52. The van der Waals surface area contributed by atoms with E-state index in [1.807, 2.05) is 43.3 Å². The number of hydrogen-bond donors (Lipinski definition) is 2. The Balaban J connectivity index is 1.40. The van der Waals surface area contributed by atoms with Crippen LogP contribution in [0.5, 0.6) is 5.75 Å². The summed E-state index contributed by atoms with van der Waals surface area (Å²) in [6.07, 6.45) is 1.10. The largest absolute Gasteiger partial charge is 0.508 e. The smallest absolute Gasteiger partial charge is 0.407 e. The molecule has 1 aliphatic carbocycles. The van der Waals surface area contributed by atoms with E-state index in [0.29, 0.717) is 13.0 Å². The highest BCUT2D eigenvalue weighted by molar-refractivity contribution is 5.79. The second-order valence-electron chi connectivity index (χ2n) is 7.45. The first-order chi connectivity index (χ1) is 14.2. The van der Waals surface area contributed by atoms with E-state index < -0.39 is 6.09 Å². The zero-order valence-corrected chi connectivity index (χ0v) is 16.5. The molecule has 1 aliphatic rings. The van der Waals surface area contributed by atoms with Crippen LogP contribution >= 0.6 is 0 Å². The average Bonchev–Trinajstić information content (AvgIpc) is 3.07. The van der Waals surface area contributed by atoms with Gasteiger partial charge in [-0.05, 0) is 52.8 Å². The number of ether oxygens (including phenoxy) is 1. The van der Waals surface area contributed by atoms with Crippen molar-refractivity contribution >= 4 is 6.09 Å². The lowest BCUT2D eigenvalue weighted by Crippen LogP contribution is -2.37. The highest BCUT2D eigenvalue weighted by atomic mass is 16.5. The van der Waals surface area contributed by atoms with Crippen molar-refractivity contribution < 1.29 is 14.6 Å². The van der Waals surface area contributed by atoms with Crippen LogP contribution < -0.4 is 5.32 Å². The molecule has 0 spiro atoms. The third kappa shape index (κ3) is 4.11. The standard InChI is InChI=1S/C25H25NO3/c1-2-18(15-17-11-13-19(27)14-12-17)26-25(28)29-16-24-22-9-5-3-7-20(22)21-8-4-6-10-23(21)24/h3-14,18,24,27H,2,15-16H2,1H3,(H,26,28)/t18-/m1/s1. The number of carbonyl (C=O) groups is 1. The summed E-state index contributed by atoms with van der Waals surface area (Å²) in [6, 6.07) is 23.7. The van der Waals surface area contributed by atoms with Gasteiger partial charge < -0.3 is 15.2 Å². The van der Waals surface area contributed by atoms with Crippen LogP contribution in [0.3, 0.4) is 0 Å². The molecular weight excluding hydrogens is 362 g/mol. The number of phenolic OH excluding ortho intramolecular Hbond substituents is 1. The number of rotatable bonds is 6. The van der Waals surface area contributed by atoms with Gasteiger partial charge >= 0.3 is 6.09 Å². The molecule has 3 aromatic carbocycles. The van der Waals surface area contributed by atoms with Gasteiger partial charge in [-0.25, -0.2) is 4.79 Å². The monoisotopic (exact) mass is 387 g/mol. The van der Waals surface area contributed by atoms with Gasteiger partial charge in [0.05, 0.1) is 0 Å². The van der Waals surface area contributed by atoms with E-state index in [1.165, 1.54) is 22.3 Å². The number of benzene rings is 3. The van der Waals surface area contributed by atoms with Crippen LogP contribution in [-0.2, 0) is 11.2 Å². The van der Waals surface area contributed by atoms with Gasteiger partial charge in [0.1, 0.15) is 12.4 Å². The minimum absolute atomic E-state index is 0.0183. The lowest BCUT2D eigenvalue weighted by atomic mass is 9.98. The van der Waals surface area contributed by atoms with E-state index in [4.69, 9.17) is 4.74 Å². The Labute approximate surface area is 171 Å². The molecule has 0 fully saturated rings. The summed E-state index contributed by atoms with van der Waals surface area (Å²) in [7, 11) is 0. The lowest BCUT2D eigenvalue weighted by molar-refractivity contribution is 0.138. The van der Waals surface area contributed by atoms with E-state index in [0.717, 1.165) is 12.0 Å². The summed E-state index contributed by atoms with van der Waals surface area (Å²) >= 11 is 0. The topological polar surface area (TPSA) is 58.6 Å². The Bertz CT molecular complexity index is 951. The second kappa shape index (κ2) is 8.39. The van der Waals surface area contributed by atoms with Crippen molar-refractivity contribution in [3.8, 4) is 16.9 Å². The Morgan fingerprint density at radius 3 is 2.14 bits per heavy atom. The van der Waals surface area contributed by atoms with Gasteiger partial charge in [0, 0.05) is 12.0 Å². The number of hydrogen-bond acceptors (Lipinski definition) is 3. The number of amides is 1. The van der Waals surface area contributed by atoms with E-state index in [2.05, 4.69) is 29.6 Å². The fourth-order valence-corrected chi connectivity index (χ4v) is 4.02. The number of phenols is 1. The summed E-state index contributed by atoms with van der Waals surface area (Å²) in [5.74, 6) is 0.302. The first kappa shape index (κ1) is 19.1. The molecule has 0 aromatic heterocycles. The number of alkyl carbamates (subject to hydrolysis) is 1. The third-order valence-corrected chi connectivity index (χ3v) is 5.58. The molecule has 2 N–H and O–H groups in total. The van der Waals surface area contributed by atoms with Crippen LogP contribution in [0.2, 0.25) is 0 Å². The lowest BCUT2D eigenvalue weighted by Gasteiger charge is -2.19. The van der Waals surface area contributed by atoms with Gasteiger partial charge in [-0.3, -0.25) is 0 Å². The first-order valence-electron chi connectivity index (χ1n) is 10.0. The molecule has 1 atom stereocenters. The minimum atomic E-state index is -0.391. The van der Waals surface area contributed by atoms with Gasteiger partial charge in [-0.1, -0.05) is 67.6 Å². The minimum Gasteiger partial charge on any atom is -0.508 e. The van der Waals surface area contributed by atoms with E-state index in [-0.39, 0.29) is 17.7 Å². The number of fused-ring (bicyclic) bond motifs is 3. The van der Waals surface area contributed by atoms with Crippen LogP contribution in [0.15, 0.2) is 72.8 Å². The molecule has 0 saturated carbocycles. The average molecular weight is 387 g/mol. The Hall–Kier alpha value is -3.27. The maximum Gasteiger partial charge on any atom is 0.407 e. The summed E-state index contributed by atoms with van der Waals surface area (Å²) < 4.78 is 5.64. The van der Waals surface area contributed by atoms with Gasteiger partial charge in [0.2, 0.25) is 0 Å². The molecule has 29 heavy (non-hydrogen) atoms. The highest BCUT2D eigenvalue weighted by Gasteiger charge is 2.29. The summed E-state index contributed by atoms with van der Waals surface area (Å²) in [5, 5.41) is 12.4. The molecule has 0 aliphatic heterocycles. The van der Waals surface area contributed by atoms with Gasteiger partial charge in [0.25, 0.3) is 0 Å². The van der Waals surface area contributed by atoms with Crippen molar-refractivity contribution in [2.75, 3.05) is 6.61 Å². The van der Waals surface area contributed by atoms with Crippen molar-refractivity contribution in [3.05, 3.63) is 89.5 Å². The zero-order valence-electron chi connectivity index (χ0n) is 16.5. The Morgan fingerprint density at radius 2 is 1.55 bits per heavy atom. The molecule has 148 valence electrons. The van der Waals surface area contributed by atoms with Crippen molar-refractivity contribution in [1.82, 2.24) is 5.32 Å². The SMILES string of the molecule is CC[C@H](Cc1ccc(O)cc1)NC(=O)OCC1c2ccccc2-c2ccccc21. The predicted octanol–water partition coefficient (Wildman–Crippen LogP) is 5.25. The molecule has 4 rings (SSSR count). The number of aromatic hydroxyl groups is 1. The molecule has 1 amide bonds. The van der Waals surface area contributed by atoms with Crippen molar-refractivity contribution in [1.29, 1.82) is 0 Å². The molecule has 0 heterocycles. The van der Waals surface area contributed by atoms with Crippen molar-refractivity contribution in [2.24, 2.45) is 0 Å². The van der Waals surface area contributed by atoms with E-state index >= 15 is 0 Å². The highest BCUT2D eigenvalue weighted by Crippen LogP contribution is 2.44. The molecule has 4 nitrogen and oxygen atoms in total.